The lowest BCUT2D eigenvalue weighted by molar-refractivity contribution is -0.128. The van der Waals surface area contributed by atoms with Gasteiger partial charge in [-0.15, -0.1) is 0 Å². The van der Waals surface area contributed by atoms with E-state index in [0.717, 1.165) is 31.8 Å². The van der Waals surface area contributed by atoms with Crippen LogP contribution in [0.25, 0.3) is 0 Å². The minimum absolute atomic E-state index is 0.175. The van der Waals surface area contributed by atoms with Crippen molar-refractivity contribution < 1.29 is 4.79 Å². The zero-order valence-corrected chi connectivity index (χ0v) is 12.3. The molecule has 0 saturated heterocycles. The second-order valence-corrected chi connectivity index (χ2v) is 5.52. The number of hydrogen-bond donors (Lipinski definition) is 0. The molecule has 1 amide bonds. The third-order valence-electron chi connectivity index (χ3n) is 3.76. The fourth-order valence-corrected chi connectivity index (χ4v) is 2.59. The Morgan fingerprint density at radius 1 is 1.56 bits per heavy atom. The van der Waals surface area contributed by atoms with E-state index in [1.54, 1.807) is 6.92 Å². The van der Waals surface area contributed by atoms with Crippen LogP contribution in [0.3, 0.4) is 0 Å². The monoisotopic (exact) mass is 249 g/mol. The minimum atomic E-state index is 0.175. The smallest absolute Gasteiger partial charge is 0.219 e. The summed E-state index contributed by atoms with van der Waals surface area (Å²) in [5.74, 6) is 1.54. The molecule has 0 aromatic rings. The van der Waals surface area contributed by atoms with Crippen LogP contribution in [-0.2, 0) is 4.79 Å². The first-order valence-electron chi connectivity index (χ1n) is 7.12. The van der Waals surface area contributed by atoms with Crippen LogP contribution in [0.5, 0.6) is 0 Å². The lowest BCUT2D eigenvalue weighted by Crippen LogP contribution is -2.29. The normalized spacial score (nSPS) is 24.1. The van der Waals surface area contributed by atoms with Crippen molar-refractivity contribution >= 4 is 5.91 Å². The molecule has 0 saturated carbocycles. The quantitative estimate of drug-likeness (QED) is 0.679. The second-order valence-electron chi connectivity index (χ2n) is 5.52. The van der Waals surface area contributed by atoms with Gasteiger partial charge in [-0.3, -0.25) is 4.79 Å². The predicted molar refractivity (Wildman–Crippen MR) is 77.3 cm³/mol. The Balaban J connectivity index is 2.46. The van der Waals surface area contributed by atoms with Crippen molar-refractivity contribution in [2.45, 2.75) is 47.0 Å². The summed E-state index contributed by atoms with van der Waals surface area (Å²) in [7, 11) is 0. The molecule has 1 aliphatic carbocycles. The van der Waals surface area contributed by atoms with E-state index in [9.17, 15) is 4.79 Å². The largest absolute Gasteiger partial charge is 0.339 e. The predicted octanol–water partition coefficient (Wildman–Crippen LogP) is 3.79. The molecule has 0 bridgehead atoms. The molecule has 102 valence electrons. The summed E-state index contributed by atoms with van der Waals surface area (Å²) in [5.41, 5.74) is 1.52. The van der Waals surface area contributed by atoms with Crippen LogP contribution in [0.1, 0.15) is 47.0 Å². The SMILES string of the molecule is CCCN(C/C=C\C1CC=C(C)CC1C)C(C)=O. The van der Waals surface area contributed by atoms with Crippen LogP contribution in [0.15, 0.2) is 23.8 Å². The minimum Gasteiger partial charge on any atom is -0.339 e. The third kappa shape index (κ3) is 4.67. The van der Waals surface area contributed by atoms with Gasteiger partial charge in [-0.25, -0.2) is 0 Å². The van der Waals surface area contributed by atoms with Gasteiger partial charge in [-0.2, -0.15) is 0 Å². The van der Waals surface area contributed by atoms with E-state index in [1.165, 1.54) is 12.0 Å². The first-order chi connectivity index (χ1) is 8.54. The lowest BCUT2D eigenvalue weighted by Gasteiger charge is -2.25. The van der Waals surface area contributed by atoms with Crippen LogP contribution in [0.2, 0.25) is 0 Å². The van der Waals surface area contributed by atoms with Gasteiger partial charge in [0.2, 0.25) is 5.91 Å². The molecule has 0 aromatic heterocycles. The molecule has 0 heterocycles. The van der Waals surface area contributed by atoms with Crippen LogP contribution in [-0.4, -0.2) is 23.9 Å². The Labute approximate surface area is 112 Å². The lowest BCUT2D eigenvalue weighted by atomic mass is 9.81. The number of carbonyl (C=O) groups excluding carboxylic acids is 1. The van der Waals surface area contributed by atoms with Gasteiger partial charge in [0, 0.05) is 20.0 Å². The van der Waals surface area contributed by atoms with Crippen molar-refractivity contribution in [2.24, 2.45) is 11.8 Å². The molecule has 2 atom stereocenters. The second kappa shape index (κ2) is 7.40. The molecule has 1 rings (SSSR count). The molecule has 0 N–H and O–H groups in total. The molecule has 0 aliphatic heterocycles. The van der Waals surface area contributed by atoms with Gasteiger partial charge in [0.15, 0.2) is 0 Å². The molecular weight excluding hydrogens is 222 g/mol. The van der Waals surface area contributed by atoms with Gasteiger partial charge in [-0.1, -0.05) is 37.6 Å². The highest BCUT2D eigenvalue weighted by Crippen LogP contribution is 2.29. The van der Waals surface area contributed by atoms with Crippen molar-refractivity contribution in [1.29, 1.82) is 0 Å². The summed E-state index contributed by atoms with van der Waals surface area (Å²) in [4.78, 5) is 13.3. The van der Waals surface area contributed by atoms with Gasteiger partial charge in [0.05, 0.1) is 0 Å². The first kappa shape index (κ1) is 15.0. The zero-order chi connectivity index (χ0) is 13.5. The number of hydrogen-bond acceptors (Lipinski definition) is 1. The van der Waals surface area contributed by atoms with Crippen molar-refractivity contribution in [1.82, 2.24) is 4.90 Å². The highest BCUT2D eigenvalue weighted by Gasteiger charge is 2.17. The van der Waals surface area contributed by atoms with E-state index in [4.69, 9.17) is 0 Å². The maximum atomic E-state index is 11.4. The van der Waals surface area contributed by atoms with E-state index < -0.39 is 0 Å². The standard InChI is InChI=1S/C16H27NO/c1-5-10-17(15(4)18)11-6-7-16-9-8-13(2)12-14(16)3/h6-8,14,16H,5,9-12H2,1-4H3/b7-6-. The number of nitrogens with zero attached hydrogens (tertiary/aromatic N) is 1. The van der Waals surface area contributed by atoms with Gasteiger partial charge in [0.1, 0.15) is 0 Å². The van der Waals surface area contributed by atoms with E-state index in [2.05, 4.69) is 39.0 Å². The number of carbonyl (C=O) groups is 1. The van der Waals surface area contributed by atoms with Gasteiger partial charge in [-0.05, 0) is 38.0 Å². The molecule has 0 fully saturated rings. The number of rotatable bonds is 5. The molecule has 0 spiro atoms. The Bertz CT molecular complexity index is 330. The Kier molecular flexibility index (Phi) is 6.17. The summed E-state index contributed by atoms with van der Waals surface area (Å²) in [6.07, 6.45) is 10.2. The number of allylic oxidation sites excluding steroid dienone is 3. The van der Waals surface area contributed by atoms with Gasteiger partial charge < -0.3 is 4.90 Å². The summed E-state index contributed by atoms with van der Waals surface area (Å²) >= 11 is 0. The van der Waals surface area contributed by atoms with Crippen molar-refractivity contribution in [3.05, 3.63) is 23.8 Å². The van der Waals surface area contributed by atoms with E-state index in [-0.39, 0.29) is 5.91 Å². The average Bonchev–Trinajstić information content (AvgIpc) is 2.30. The first-order valence-corrected chi connectivity index (χ1v) is 7.12. The molecule has 1 aliphatic rings. The topological polar surface area (TPSA) is 20.3 Å². The van der Waals surface area contributed by atoms with Crippen LogP contribution < -0.4 is 0 Å². The Hall–Kier alpha value is -1.05. The van der Waals surface area contributed by atoms with Crippen LogP contribution >= 0.6 is 0 Å². The van der Waals surface area contributed by atoms with E-state index in [1.807, 2.05) is 4.90 Å². The molecule has 18 heavy (non-hydrogen) atoms. The third-order valence-corrected chi connectivity index (χ3v) is 3.76. The molecular formula is C16H27NO. The number of amides is 1. The Morgan fingerprint density at radius 2 is 2.28 bits per heavy atom. The summed E-state index contributed by atoms with van der Waals surface area (Å²) in [6.45, 7) is 9.92. The van der Waals surface area contributed by atoms with Crippen LogP contribution in [0.4, 0.5) is 0 Å². The molecule has 0 aromatic carbocycles. The molecule has 2 nitrogen and oxygen atoms in total. The summed E-state index contributed by atoms with van der Waals surface area (Å²) in [5, 5.41) is 0. The highest BCUT2D eigenvalue weighted by atomic mass is 16.2. The Morgan fingerprint density at radius 3 is 2.83 bits per heavy atom. The van der Waals surface area contributed by atoms with Gasteiger partial charge in [0.25, 0.3) is 0 Å². The summed E-state index contributed by atoms with van der Waals surface area (Å²) < 4.78 is 0. The summed E-state index contributed by atoms with van der Waals surface area (Å²) in [6, 6.07) is 0. The van der Waals surface area contributed by atoms with E-state index in [0.29, 0.717) is 5.92 Å². The van der Waals surface area contributed by atoms with Crippen molar-refractivity contribution in [3.8, 4) is 0 Å². The molecule has 2 unspecified atom stereocenters. The fraction of sp³-hybridized carbons (Fsp3) is 0.688. The molecule has 0 radical (unpaired) electrons. The van der Waals surface area contributed by atoms with Crippen molar-refractivity contribution in [2.75, 3.05) is 13.1 Å². The maximum Gasteiger partial charge on any atom is 0.219 e. The van der Waals surface area contributed by atoms with Gasteiger partial charge >= 0.3 is 0 Å². The maximum absolute atomic E-state index is 11.4. The van der Waals surface area contributed by atoms with E-state index >= 15 is 0 Å². The highest BCUT2D eigenvalue weighted by molar-refractivity contribution is 5.73. The van der Waals surface area contributed by atoms with Crippen LogP contribution in [0, 0.1) is 11.8 Å². The molecule has 2 heteroatoms. The fourth-order valence-electron chi connectivity index (χ4n) is 2.59. The average molecular weight is 249 g/mol. The van der Waals surface area contributed by atoms with Crippen molar-refractivity contribution in [3.63, 3.8) is 0 Å². The zero-order valence-electron chi connectivity index (χ0n) is 12.3.